The summed E-state index contributed by atoms with van der Waals surface area (Å²) in [6.07, 6.45) is 1.68. The number of aromatic nitrogens is 2. The van der Waals surface area contributed by atoms with Crippen molar-refractivity contribution < 1.29 is 9.13 Å². The number of nitrogens with one attached hydrogen (secondary N) is 1. The number of benzene rings is 1. The summed E-state index contributed by atoms with van der Waals surface area (Å²) in [5.41, 5.74) is 0. The maximum atomic E-state index is 13.4. The summed E-state index contributed by atoms with van der Waals surface area (Å²) < 4.78 is 19.0. The Morgan fingerprint density at radius 2 is 2.05 bits per heavy atom. The van der Waals surface area contributed by atoms with Gasteiger partial charge in [0.1, 0.15) is 23.2 Å². The van der Waals surface area contributed by atoms with Crippen LogP contribution in [-0.4, -0.2) is 16.5 Å². The van der Waals surface area contributed by atoms with E-state index in [4.69, 9.17) is 16.3 Å². The molecule has 112 valence electrons. The highest BCUT2D eigenvalue weighted by Crippen LogP contribution is 2.25. The van der Waals surface area contributed by atoms with Crippen molar-refractivity contribution in [3.8, 4) is 11.6 Å². The first-order chi connectivity index (χ1) is 10.1. The smallest absolute Gasteiger partial charge is 0.224 e. The Morgan fingerprint density at radius 3 is 2.71 bits per heavy atom. The molecular weight excluding hydrogens is 293 g/mol. The largest absolute Gasteiger partial charge is 0.439 e. The summed E-state index contributed by atoms with van der Waals surface area (Å²) in [6, 6.07) is 5.97. The summed E-state index contributed by atoms with van der Waals surface area (Å²) in [5.74, 6) is 1.57. The number of halogens is 2. The number of aryl methyl sites for hydroxylation is 1. The van der Waals surface area contributed by atoms with Gasteiger partial charge in [0.05, 0.1) is 5.02 Å². The molecule has 0 aliphatic carbocycles. The minimum Gasteiger partial charge on any atom is -0.439 e. The normalized spacial score (nSPS) is 10.5. The van der Waals surface area contributed by atoms with Gasteiger partial charge in [0.15, 0.2) is 0 Å². The molecular formula is C15H17ClFN3O. The Morgan fingerprint density at radius 1 is 1.24 bits per heavy atom. The second kappa shape index (κ2) is 7.22. The van der Waals surface area contributed by atoms with E-state index in [-0.39, 0.29) is 5.02 Å². The van der Waals surface area contributed by atoms with E-state index in [0.29, 0.717) is 29.7 Å². The lowest BCUT2D eigenvalue weighted by Crippen LogP contribution is -2.05. The van der Waals surface area contributed by atoms with Gasteiger partial charge in [-0.3, -0.25) is 0 Å². The van der Waals surface area contributed by atoms with Gasteiger partial charge in [-0.2, -0.15) is 4.98 Å². The Bertz CT molecular complexity index is 622. The third-order valence-corrected chi connectivity index (χ3v) is 3.04. The fourth-order valence-corrected chi connectivity index (χ4v) is 1.81. The molecule has 0 aliphatic rings. The molecule has 1 aromatic carbocycles. The second-order valence-corrected chi connectivity index (χ2v) is 4.87. The molecule has 6 heteroatoms. The predicted molar refractivity (Wildman–Crippen MR) is 81.7 cm³/mol. The number of ether oxygens (including phenoxy) is 1. The van der Waals surface area contributed by atoms with Crippen LogP contribution in [0.5, 0.6) is 11.6 Å². The van der Waals surface area contributed by atoms with E-state index in [1.807, 2.05) is 6.92 Å². The maximum absolute atomic E-state index is 13.4. The SMILES string of the molecule is CCCNc1cc(Oc2ccc(Cl)c(F)c2)nc(CC)n1. The minimum atomic E-state index is -0.525. The number of rotatable bonds is 6. The topological polar surface area (TPSA) is 47.0 Å². The third-order valence-electron chi connectivity index (χ3n) is 2.73. The van der Waals surface area contributed by atoms with Crippen molar-refractivity contribution in [3.05, 3.63) is 40.9 Å². The molecule has 0 aliphatic heterocycles. The third kappa shape index (κ3) is 4.29. The van der Waals surface area contributed by atoms with Gasteiger partial charge in [0, 0.05) is 25.1 Å². The molecule has 0 radical (unpaired) electrons. The Labute approximate surface area is 128 Å². The number of nitrogens with zero attached hydrogens (tertiary/aromatic N) is 2. The van der Waals surface area contributed by atoms with Gasteiger partial charge in [-0.15, -0.1) is 0 Å². The molecule has 2 rings (SSSR count). The van der Waals surface area contributed by atoms with Gasteiger partial charge in [-0.1, -0.05) is 25.4 Å². The van der Waals surface area contributed by atoms with Crippen molar-refractivity contribution in [3.63, 3.8) is 0 Å². The van der Waals surface area contributed by atoms with Crippen molar-refractivity contribution >= 4 is 17.4 Å². The number of hydrogen-bond acceptors (Lipinski definition) is 4. The van der Waals surface area contributed by atoms with Crippen LogP contribution in [0.15, 0.2) is 24.3 Å². The fourth-order valence-electron chi connectivity index (χ4n) is 1.69. The van der Waals surface area contributed by atoms with Crippen LogP contribution < -0.4 is 10.1 Å². The summed E-state index contributed by atoms with van der Waals surface area (Å²) >= 11 is 5.65. The average Bonchev–Trinajstić information content (AvgIpc) is 2.48. The zero-order chi connectivity index (χ0) is 15.2. The van der Waals surface area contributed by atoms with Crippen LogP contribution >= 0.6 is 11.6 Å². The molecule has 1 heterocycles. The van der Waals surface area contributed by atoms with Crippen LogP contribution in [0, 0.1) is 5.82 Å². The van der Waals surface area contributed by atoms with Crippen molar-refractivity contribution in [1.82, 2.24) is 9.97 Å². The van der Waals surface area contributed by atoms with E-state index >= 15 is 0 Å². The summed E-state index contributed by atoms with van der Waals surface area (Å²) in [7, 11) is 0. The summed E-state index contributed by atoms with van der Waals surface area (Å²) in [4.78, 5) is 8.64. The lowest BCUT2D eigenvalue weighted by molar-refractivity contribution is 0.454. The van der Waals surface area contributed by atoms with Gasteiger partial charge in [0.2, 0.25) is 5.88 Å². The quantitative estimate of drug-likeness (QED) is 0.856. The van der Waals surface area contributed by atoms with Crippen LogP contribution in [0.25, 0.3) is 0 Å². The van der Waals surface area contributed by atoms with E-state index in [9.17, 15) is 4.39 Å². The van der Waals surface area contributed by atoms with Crippen LogP contribution in [0.3, 0.4) is 0 Å². The fraction of sp³-hybridized carbons (Fsp3) is 0.333. The molecule has 4 nitrogen and oxygen atoms in total. The lowest BCUT2D eigenvalue weighted by Gasteiger charge is -2.10. The monoisotopic (exact) mass is 309 g/mol. The van der Waals surface area contributed by atoms with E-state index in [1.54, 1.807) is 12.1 Å². The van der Waals surface area contributed by atoms with Crippen LogP contribution in [0.2, 0.25) is 5.02 Å². The molecule has 0 saturated heterocycles. The van der Waals surface area contributed by atoms with E-state index < -0.39 is 5.82 Å². The molecule has 0 atom stereocenters. The molecule has 0 spiro atoms. The molecule has 1 N–H and O–H groups in total. The van der Waals surface area contributed by atoms with Crippen LogP contribution in [-0.2, 0) is 6.42 Å². The maximum Gasteiger partial charge on any atom is 0.224 e. The lowest BCUT2D eigenvalue weighted by atomic mass is 10.3. The molecule has 0 bridgehead atoms. The van der Waals surface area contributed by atoms with Crippen LogP contribution in [0.4, 0.5) is 10.2 Å². The Balaban J connectivity index is 2.23. The summed E-state index contributed by atoms with van der Waals surface area (Å²) in [6.45, 7) is 4.85. The second-order valence-electron chi connectivity index (χ2n) is 4.47. The van der Waals surface area contributed by atoms with Gasteiger partial charge in [0.25, 0.3) is 0 Å². The molecule has 0 saturated carbocycles. The molecule has 0 unspecified atom stereocenters. The Kier molecular flexibility index (Phi) is 5.33. The van der Waals surface area contributed by atoms with Gasteiger partial charge >= 0.3 is 0 Å². The first-order valence-electron chi connectivity index (χ1n) is 6.87. The van der Waals surface area contributed by atoms with E-state index in [1.165, 1.54) is 12.1 Å². The zero-order valence-corrected chi connectivity index (χ0v) is 12.7. The number of hydrogen-bond donors (Lipinski definition) is 1. The van der Waals surface area contributed by atoms with Crippen molar-refractivity contribution in [2.24, 2.45) is 0 Å². The molecule has 21 heavy (non-hydrogen) atoms. The van der Waals surface area contributed by atoms with Crippen molar-refractivity contribution in [2.75, 3.05) is 11.9 Å². The van der Waals surface area contributed by atoms with E-state index in [0.717, 1.165) is 13.0 Å². The first kappa shape index (κ1) is 15.5. The number of anilines is 1. The highest BCUT2D eigenvalue weighted by Gasteiger charge is 2.07. The van der Waals surface area contributed by atoms with Crippen molar-refractivity contribution in [2.45, 2.75) is 26.7 Å². The molecule has 0 amide bonds. The highest BCUT2D eigenvalue weighted by molar-refractivity contribution is 6.30. The molecule has 0 fully saturated rings. The van der Waals surface area contributed by atoms with Crippen LogP contribution in [0.1, 0.15) is 26.1 Å². The molecule has 2 aromatic rings. The Hall–Kier alpha value is -1.88. The van der Waals surface area contributed by atoms with Crippen molar-refractivity contribution in [1.29, 1.82) is 0 Å². The minimum absolute atomic E-state index is 0.0598. The standard InChI is InChI=1S/C15H17ClFN3O/c1-3-7-18-14-9-15(20-13(4-2)19-14)21-10-5-6-11(16)12(17)8-10/h5-6,8-9H,3-4,7H2,1-2H3,(H,18,19,20). The zero-order valence-electron chi connectivity index (χ0n) is 12.0. The van der Waals surface area contributed by atoms with Gasteiger partial charge < -0.3 is 10.1 Å². The highest BCUT2D eigenvalue weighted by atomic mass is 35.5. The predicted octanol–water partition coefficient (Wildman–Crippen LogP) is 4.45. The van der Waals surface area contributed by atoms with E-state index in [2.05, 4.69) is 22.2 Å². The molecule has 1 aromatic heterocycles. The average molecular weight is 310 g/mol. The van der Waals surface area contributed by atoms with Gasteiger partial charge in [-0.05, 0) is 18.6 Å². The summed E-state index contributed by atoms with van der Waals surface area (Å²) in [5, 5.41) is 3.25. The first-order valence-corrected chi connectivity index (χ1v) is 7.25. The van der Waals surface area contributed by atoms with Gasteiger partial charge in [-0.25, -0.2) is 9.37 Å².